The lowest BCUT2D eigenvalue weighted by atomic mass is 10.0. The van der Waals surface area contributed by atoms with Gasteiger partial charge in [0.25, 0.3) is 0 Å². The summed E-state index contributed by atoms with van der Waals surface area (Å²) in [4.78, 5) is 10.9. The molecule has 1 aliphatic carbocycles. The molecule has 0 aromatic rings. The predicted molar refractivity (Wildman–Crippen MR) is 47.7 cm³/mol. The summed E-state index contributed by atoms with van der Waals surface area (Å²) in [6.45, 7) is 5.38. The summed E-state index contributed by atoms with van der Waals surface area (Å²) in [5.41, 5.74) is -0.0547. The van der Waals surface area contributed by atoms with Gasteiger partial charge in [-0.25, -0.2) is 0 Å². The van der Waals surface area contributed by atoms with Crippen molar-refractivity contribution in [3.63, 3.8) is 0 Å². The summed E-state index contributed by atoms with van der Waals surface area (Å²) in [5, 5.41) is 18.1. The standard InChI is InChI=1S/C10H15NO2/c1-6(12)9(13)8-7(4-5-11)10(8,2)3/h7-9,13H,4H2,1-3H3/t7-,8-,9?/m1/s1. The quantitative estimate of drug-likeness (QED) is 0.709. The highest BCUT2D eigenvalue weighted by atomic mass is 16.3. The van der Waals surface area contributed by atoms with E-state index >= 15 is 0 Å². The van der Waals surface area contributed by atoms with Crippen LogP contribution in [0.25, 0.3) is 0 Å². The normalized spacial score (nSPS) is 31.9. The lowest BCUT2D eigenvalue weighted by Gasteiger charge is -2.07. The molecule has 1 aliphatic rings. The van der Waals surface area contributed by atoms with Crippen molar-refractivity contribution >= 4 is 5.78 Å². The molecule has 1 fully saturated rings. The number of carbonyl (C=O) groups excluding carboxylic acids is 1. The average molecular weight is 181 g/mol. The fourth-order valence-electron chi connectivity index (χ4n) is 2.15. The zero-order valence-corrected chi connectivity index (χ0v) is 8.24. The monoisotopic (exact) mass is 181 g/mol. The molecule has 0 amide bonds. The highest BCUT2D eigenvalue weighted by molar-refractivity contribution is 5.81. The Hall–Kier alpha value is -0.880. The van der Waals surface area contributed by atoms with Gasteiger partial charge >= 0.3 is 0 Å². The van der Waals surface area contributed by atoms with Crippen molar-refractivity contribution in [3.8, 4) is 6.07 Å². The Morgan fingerprint density at radius 3 is 2.62 bits per heavy atom. The minimum Gasteiger partial charge on any atom is -0.385 e. The van der Waals surface area contributed by atoms with Crippen LogP contribution in [0.1, 0.15) is 27.2 Å². The SMILES string of the molecule is CC(=O)C(O)[C@H]1[C@@H](CC#N)C1(C)C. The molecule has 0 spiro atoms. The molecule has 72 valence electrons. The summed E-state index contributed by atoms with van der Waals surface area (Å²) >= 11 is 0. The summed E-state index contributed by atoms with van der Waals surface area (Å²) in [6.07, 6.45) is -0.449. The molecule has 1 saturated carbocycles. The third kappa shape index (κ3) is 1.59. The van der Waals surface area contributed by atoms with Gasteiger partial charge in [-0.05, 0) is 18.3 Å². The maximum atomic E-state index is 10.9. The number of hydrogen-bond donors (Lipinski definition) is 1. The first-order chi connectivity index (χ1) is 5.92. The Bertz CT molecular complexity index is 265. The number of aliphatic hydroxyl groups excluding tert-OH is 1. The van der Waals surface area contributed by atoms with Gasteiger partial charge in [0.05, 0.1) is 6.07 Å². The molecule has 0 radical (unpaired) electrons. The van der Waals surface area contributed by atoms with Crippen LogP contribution in [0.3, 0.4) is 0 Å². The zero-order valence-electron chi connectivity index (χ0n) is 8.24. The second-order valence-electron chi connectivity index (χ2n) is 4.37. The van der Waals surface area contributed by atoms with Gasteiger partial charge in [0, 0.05) is 12.3 Å². The first kappa shape index (κ1) is 10.2. The number of aliphatic hydroxyl groups is 1. The Morgan fingerprint density at radius 1 is 1.69 bits per heavy atom. The number of carbonyl (C=O) groups is 1. The number of rotatable bonds is 3. The van der Waals surface area contributed by atoms with Gasteiger partial charge in [0.2, 0.25) is 0 Å². The van der Waals surface area contributed by atoms with Crippen molar-refractivity contribution in [2.45, 2.75) is 33.3 Å². The second kappa shape index (κ2) is 3.12. The van der Waals surface area contributed by atoms with Crippen LogP contribution in [0.5, 0.6) is 0 Å². The predicted octanol–water partition coefficient (Wildman–Crippen LogP) is 1.12. The van der Waals surface area contributed by atoms with Gasteiger partial charge in [0.1, 0.15) is 6.10 Å². The van der Waals surface area contributed by atoms with Crippen LogP contribution in [0.2, 0.25) is 0 Å². The Balaban J connectivity index is 2.65. The number of nitriles is 1. The van der Waals surface area contributed by atoms with E-state index in [1.165, 1.54) is 6.92 Å². The fraction of sp³-hybridized carbons (Fsp3) is 0.800. The van der Waals surface area contributed by atoms with Crippen molar-refractivity contribution in [1.29, 1.82) is 5.26 Å². The van der Waals surface area contributed by atoms with E-state index in [0.29, 0.717) is 6.42 Å². The highest BCUT2D eigenvalue weighted by Gasteiger charge is 2.61. The maximum absolute atomic E-state index is 10.9. The third-order valence-electron chi connectivity index (χ3n) is 3.21. The number of nitrogens with zero attached hydrogens (tertiary/aromatic N) is 1. The molecule has 1 N–H and O–H groups in total. The van der Waals surface area contributed by atoms with Gasteiger partial charge in [-0.2, -0.15) is 5.26 Å². The van der Waals surface area contributed by atoms with Crippen LogP contribution in [0.15, 0.2) is 0 Å². The lowest BCUT2D eigenvalue weighted by molar-refractivity contribution is -0.126. The number of hydrogen-bond acceptors (Lipinski definition) is 3. The molecule has 1 rings (SSSR count). The van der Waals surface area contributed by atoms with Gasteiger partial charge < -0.3 is 5.11 Å². The lowest BCUT2D eigenvalue weighted by Crippen LogP contribution is -2.22. The van der Waals surface area contributed by atoms with E-state index in [-0.39, 0.29) is 23.0 Å². The van der Waals surface area contributed by atoms with Crippen LogP contribution < -0.4 is 0 Å². The van der Waals surface area contributed by atoms with E-state index in [9.17, 15) is 9.90 Å². The minimum absolute atomic E-state index is 0.0235. The van der Waals surface area contributed by atoms with E-state index in [0.717, 1.165) is 0 Å². The summed E-state index contributed by atoms with van der Waals surface area (Å²) < 4.78 is 0. The molecule has 3 atom stereocenters. The summed E-state index contributed by atoms with van der Waals surface area (Å²) in [6, 6.07) is 2.09. The fourth-order valence-corrected chi connectivity index (χ4v) is 2.15. The number of ketones is 1. The molecule has 0 aliphatic heterocycles. The Morgan fingerprint density at radius 2 is 2.23 bits per heavy atom. The summed E-state index contributed by atoms with van der Waals surface area (Å²) in [7, 11) is 0. The highest BCUT2D eigenvalue weighted by Crippen LogP contribution is 2.61. The van der Waals surface area contributed by atoms with Gasteiger partial charge in [-0.1, -0.05) is 13.8 Å². The average Bonchev–Trinajstić information content (AvgIpc) is 2.53. The van der Waals surface area contributed by atoms with E-state index in [1.54, 1.807) is 0 Å². The molecular weight excluding hydrogens is 166 g/mol. The zero-order chi connectivity index (χ0) is 10.2. The molecule has 3 nitrogen and oxygen atoms in total. The van der Waals surface area contributed by atoms with Crippen LogP contribution in [-0.2, 0) is 4.79 Å². The molecule has 0 aromatic heterocycles. The molecule has 0 bridgehead atoms. The van der Waals surface area contributed by atoms with E-state index in [4.69, 9.17) is 5.26 Å². The van der Waals surface area contributed by atoms with Crippen molar-refractivity contribution in [1.82, 2.24) is 0 Å². The number of Topliss-reactive ketones (excluding diaryl/α,β-unsaturated/α-hetero) is 1. The molecule has 3 heteroatoms. The molecule has 13 heavy (non-hydrogen) atoms. The van der Waals surface area contributed by atoms with E-state index in [2.05, 4.69) is 6.07 Å². The van der Waals surface area contributed by atoms with E-state index in [1.807, 2.05) is 13.8 Å². The van der Waals surface area contributed by atoms with Crippen LogP contribution in [-0.4, -0.2) is 17.0 Å². The molecule has 1 unspecified atom stereocenters. The van der Waals surface area contributed by atoms with Gasteiger partial charge in [0.15, 0.2) is 5.78 Å². The molecular formula is C10H15NO2. The van der Waals surface area contributed by atoms with Crippen LogP contribution in [0.4, 0.5) is 0 Å². The first-order valence-corrected chi connectivity index (χ1v) is 4.48. The first-order valence-electron chi connectivity index (χ1n) is 4.48. The third-order valence-corrected chi connectivity index (χ3v) is 3.21. The van der Waals surface area contributed by atoms with Crippen LogP contribution >= 0.6 is 0 Å². The Kier molecular flexibility index (Phi) is 2.44. The van der Waals surface area contributed by atoms with Gasteiger partial charge in [-0.15, -0.1) is 0 Å². The topological polar surface area (TPSA) is 61.1 Å². The summed E-state index contributed by atoms with van der Waals surface area (Å²) in [5.74, 6) is -0.0421. The van der Waals surface area contributed by atoms with Crippen LogP contribution in [0, 0.1) is 28.6 Å². The second-order valence-corrected chi connectivity index (χ2v) is 4.37. The molecule has 0 heterocycles. The minimum atomic E-state index is -0.881. The van der Waals surface area contributed by atoms with Gasteiger partial charge in [-0.3, -0.25) is 4.79 Å². The molecule has 0 aromatic carbocycles. The largest absolute Gasteiger partial charge is 0.385 e. The molecule has 0 saturated heterocycles. The van der Waals surface area contributed by atoms with Crippen molar-refractivity contribution in [2.24, 2.45) is 17.3 Å². The Labute approximate surface area is 78.4 Å². The van der Waals surface area contributed by atoms with Crippen molar-refractivity contribution in [2.75, 3.05) is 0 Å². The van der Waals surface area contributed by atoms with Crippen molar-refractivity contribution < 1.29 is 9.90 Å². The maximum Gasteiger partial charge on any atom is 0.158 e. The van der Waals surface area contributed by atoms with E-state index < -0.39 is 6.10 Å². The van der Waals surface area contributed by atoms with Crippen molar-refractivity contribution in [3.05, 3.63) is 0 Å². The smallest absolute Gasteiger partial charge is 0.158 e.